The molecule has 0 unspecified atom stereocenters. The van der Waals surface area contributed by atoms with Crippen LogP contribution in [0.5, 0.6) is 0 Å². The fraction of sp³-hybridized carbons (Fsp3) is 0.238. The molecule has 0 spiro atoms. The summed E-state index contributed by atoms with van der Waals surface area (Å²) in [5.41, 5.74) is 3.52. The Morgan fingerprint density at radius 3 is 2.57 bits per heavy atom. The minimum atomic E-state index is 0.912. The first-order valence-electron chi connectivity index (χ1n) is 7.88. The third kappa shape index (κ3) is 7.37. The zero-order valence-corrected chi connectivity index (χ0v) is 14.4. The number of benzene rings is 1. The number of allylic oxidation sites excluding steroid dienone is 7. The summed E-state index contributed by atoms with van der Waals surface area (Å²) in [5.74, 6) is 0.912. The molecule has 0 heterocycles. The van der Waals surface area contributed by atoms with E-state index >= 15 is 0 Å². The van der Waals surface area contributed by atoms with Crippen LogP contribution < -0.4 is 5.32 Å². The zero-order valence-electron chi connectivity index (χ0n) is 14.4. The van der Waals surface area contributed by atoms with E-state index in [0.717, 1.165) is 29.9 Å². The summed E-state index contributed by atoms with van der Waals surface area (Å²) in [6.07, 6.45) is 15.8. The van der Waals surface area contributed by atoms with Crippen molar-refractivity contribution in [2.75, 3.05) is 12.4 Å². The molecular weight excluding hydrogens is 282 g/mol. The SMILES string of the molecule is C=C/C=C(CC/C=C\C=C\Nc1ccc(C)cc1)\C(=C/C)OC. The lowest BCUT2D eigenvalue weighted by atomic mass is 10.1. The summed E-state index contributed by atoms with van der Waals surface area (Å²) < 4.78 is 5.36. The number of ether oxygens (including phenoxy) is 1. The lowest BCUT2D eigenvalue weighted by molar-refractivity contribution is 0.297. The van der Waals surface area contributed by atoms with Gasteiger partial charge in [0.15, 0.2) is 0 Å². The molecule has 0 saturated heterocycles. The van der Waals surface area contributed by atoms with Crippen LogP contribution >= 0.6 is 0 Å². The smallest absolute Gasteiger partial charge is 0.117 e. The quantitative estimate of drug-likeness (QED) is 0.451. The molecule has 0 atom stereocenters. The molecule has 0 bridgehead atoms. The van der Waals surface area contributed by atoms with Crippen molar-refractivity contribution in [2.45, 2.75) is 26.7 Å². The van der Waals surface area contributed by atoms with Crippen molar-refractivity contribution in [3.8, 4) is 0 Å². The van der Waals surface area contributed by atoms with Gasteiger partial charge in [0, 0.05) is 11.9 Å². The van der Waals surface area contributed by atoms with Gasteiger partial charge in [-0.15, -0.1) is 0 Å². The Balaban J connectivity index is 2.40. The molecule has 0 aliphatic rings. The minimum absolute atomic E-state index is 0.912. The summed E-state index contributed by atoms with van der Waals surface area (Å²) in [4.78, 5) is 0. The summed E-state index contributed by atoms with van der Waals surface area (Å²) >= 11 is 0. The Morgan fingerprint density at radius 1 is 1.22 bits per heavy atom. The van der Waals surface area contributed by atoms with Crippen molar-refractivity contribution in [3.63, 3.8) is 0 Å². The van der Waals surface area contributed by atoms with Gasteiger partial charge in [-0.1, -0.05) is 48.6 Å². The Morgan fingerprint density at radius 2 is 1.96 bits per heavy atom. The van der Waals surface area contributed by atoms with Gasteiger partial charge in [0.05, 0.1) is 7.11 Å². The van der Waals surface area contributed by atoms with Crippen molar-refractivity contribution in [1.82, 2.24) is 0 Å². The second-order valence-electron chi connectivity index (χ2n) is 5.12. The maximum Gasteiger partial charge on any atom is 0.117 e. The summed E-state index contributed by atoms with van der Waals surface area (Å²) in [5, 5.41) is 3.24. The molecule has 0 fully saturated rings. The van der Waals surface area contributed by atoms with Gasteiger partial charge in [0.2, 0.25) is 0 Å². The molecule has 1 aromatic rings. The fourth-order valence-electron chi connectivity index (χ4n) is 2.13. The van der Waals surface area contributed by atoms with Crippen molar-refractivity contribution in [1.29, 1.82) is 0 Å². The van der Waals surface area contributed by atoms with Crippen LogP contribution in [-0.4, -0.2) is 7.11 Å². The largest absolute Gasteiger partial charge is 0.497 e. The van der Waals surface area contributed by atoms with E-state index in [1.165, 1.54) is 5.56 Å². The van der Waals surface area contributed by atoms with E-state index in [1.807, 2.05) is 31.4 Å². The molecule has 1 N–H and O–H groups in total. The van der Waals surface area contributed by atoms with Gasteiger partial charge in [-0.05, 0) is 56.5 Å². The van der Waals surface area contributed by atoms with Gasteiger partial charge in [0.25, 0.3) is 0 Å². The standard InChI is InChI=1S/C21H27NO/c1-5-11-19(21(6-2)23-4)12-9-7-8-10-17-22-20-15-13-18(3)14-16-20/h5-8,10-11,13-17,22H,1,9,12H2,2-4H3/b8-7-,17-10+,19-11-,21-6+. The number of anilines is 1. The van der Waals surface area contributed by atoms with E-state index in [1.54, 1.807) is 13.2 Å². The molecule has 2 nitrogen and oxygen atoms in total. The van der Waals surface area contributed by atoms with E-state index < -0.39 is 0 Å². The van der Waals surface area contributed by atoms with E-state index in [-0.39, 0.29) is 0 Å². The number of methoxy groups -OCH3 is 1. The molecule has 1 rings (SSSR count). The fourth-order valence-corrected chi connectivity index (χ4v) is 2.13. The Hall–Kier alpha value is -2.48. The molecule has 0 saturated carbocycles. The maximum absolute atomic E-state index is 5.36. The topological polar surface area (TPSA) is 21.3 Å². The van der Waals surface area contributed by atoms with E-state index in [0.29, 0.717) is 0 Å². The van der Waals surface area contributed by atoms with Crippen molar-refractivity contribution in [2.24, 2.45) is 0 Å². The third-order valence-corrected chi connectivity index (χ3v) is 3.34. The molecule has 0 aliphatic heterocycles. The van der Waals surface area contributed by atoms with Gasteiger partial charge < -0.3 is 10.1 Å². The van der Waals surface area contributed by atoms with Crippen LogP contribution in [0, 0.1) is 6.92 Å². The van der Waals surface area contributed by atoms with E-state index in [2.05, 4.69) is 55.2 Å². The number of aryl methyl sites for hydroxylation is 1. The second kappa shape index (κ2) is 11.1. The summed E-state index contributed by atoms with van der Waals surface area (Å²) in [7, 11) is 1.70. The molecule has 0 amide bonds. The highest BCUT2D eigenvalue weighted by molar-refractivity contribution is 5.46. The van der Waals surface area contributed by atoms with Gasteiger partial charge >= 0.3 is 0 Å². The Kier molecular flexibility index (Phi) is 8.99. The highest BCUT2D eigenvalue weighted by Gasteiger charge is 2.01. The van der Waals surface area contributed by atoms with Crippen LogP contribution in [0.25, 0.3) is 0 Å². The van der Waals surface area contributed by atoms with Gasteiger partial charge in [-0.3, -0.25) is 0 Å². The molecule has 122 valence electrons. The molecule has 23 heavy (non-hydrogen) atoms. The monoisotopic (exact) mass is 309 g/mol. The van der Waals surface area contributed by atoms with Gasteiger partial charge in [-0.25, -0.2) is 0 Å². The first-order valence-corrected chi connectivity index (χ1v) is 7.88. The van der Waals surface area contributed by atoms with Crippen LogP contribution in [0.2, 0.25) is 0 Å². The normalized spacial score (nSPS) is 12.8. The number of hydrogen-bond acceptors (Lipinski definition) is 2. The average molecular weight is 309 g/mol. The molecular formula is C21H27NO. The van der Waals surface area contributed by atoms with Gasteiger partial charge in [-0.2, -0.15) is 0 Å². The first-order chi connectivity index (χ1) is 11.2. The number of nitrogens with one attached hydrogen (secondary N) is 1. The highest BCUT2D eigenvalue weighted by Crippen LogP contribution is 2.17. The van der Waals surface area contributed by atoms with Crippen LogP contribution in [0.1, 0.15) is 25.3 Å². The minimum Gasteiger partial charge on any atom is -0.497 e. The highest BCUT2D eigenvalue weighted by atomic mass is 16.5. The average Bonchev–Trinajstić information content (AvgIpc) is 2.56. The predicted octanol–water partition coefficient (Wildman–Crippen LogP) is 5.92. The first kappa shape index (κ1) is 18.6. The lowest BCUT2D eigenvalue weighted by Crippen LogP contribution is -1.92. The van der Waals surface area contributed by atoms with E-state index in [4.69, 9.17) is 4.74 Å². The van der Waals surface area contributed by atoms with Crippen LogP contribution in [0.4, 0.5) is 5.69 Å². The summed E-state index contributed by atoms with van der Waals surface area (Å²) in [6.45, 7) is 7.82. The van der Waals surface area contributed by atoms with Crippen LogP contribution in [0.3, 0.4) is 0 Å². The molecule has 1 aromatic carbocycles. The van der Waals surface area contributed by atoms with Crippen LogP contribution in [-0.2, 0) is 4.74 Å². The summed E-state index contributed by atoms with van der Waals surface area (Å²) in [6, 6.07) is 8.32. The molecule has 2 heteroatoms. The van der Waals surface area contributed by atoms with E-state index in [9.17, 15) is 0 Å². The van der Waals surface area contributed by atoms with Crippen molar-refractivity contribution >= 4 is 5.69 Å². The second-order valence-corrected chi connectivity index (χ2v) is 5.12. The van der Waals surface area contributed by atoms with Crippen LogP contribution in [0.15, 0.2) is 84.8 Å². The number of rotatable bonds is 9. The predicted molar refractivity (Wildman–Crippen MR) is 101 cm³/mol. The number of hydrogen-bond donors (Lipinski definition) is 1. The third-order valence-electron chi connectivity index (χ3n) is 3.34. The lowest BCUT2D eigenvalue weighted by Gasteiger charge is -2.08. The molecule has 0 aliphatic carbocycles. The Labute approximate surface area is 140 Å². The Bertz CT molecular complexity index is 589. The van der Waals surface area contributed by atoms with Gasteiger partial charge in [0.1, 0.15) is 5.76 Å². The molecule has 0 radical (unpaired) electrons. The van der Waals surface area contributed by atoms with Crippen molar-refractivity contribution in [3.05, 3.63) is 90.4 Å². The molecule has 0 aromatic heterocycles. The zero-order chi connectivity index (χ0) is 16.9. The maximum atomic E-state index is 5.36. The van der Waals surface area contributed by atoms with Crippen molar-refractivity contribution < 1.29 is 4.74 Å².